The molecule has 7 heteroatoms. The summed E-state index contributed by atoms with van der Waals surface area (Å²) >= 11 is 3.20. The van der Waals surface area contributed by atoms with Crippen molar-refractivity contribution in [3.63, 3.8) is 0 Å². The van der Waals surface area contributed by atoms with Crippen LogP contribution in [0.25, 0.3) is 0 Å². The van der Waals surface area contributed by atoms with E-state index in [1.54, 1.807) is 6.20 Å². The Hall–Kier alpha value is -1.21. The second-order valence-corrected chi connectivity index (χ2v) is 5.42. The fourth-order valence-corrected chi connectivity index (χ4v) is 2.45. The molecule has 2 N–H and O–H groups in total. The Morgan fingerprint density at radius 1 is 1.72 bits per heavy atom. The molecule has 1 aromatic heterocycles. The molecule has 1 heterocycles. The zero-order chi connectivity index (χ0) is 13.3. The third-order valence-corrected chi connectivity index (χ3v) is 3.68. The first-order valence-corrected chi connectivity index (χ1v) is 6.56. The number of anilines is 1. The second kappa shape index (κ2) is 5.19. The molecule has 0 spiro atoms. The van der Waals surface area contributed by atoms with Crippen LogP contribution in [0.1, 0.15) is 12.8 Å². The normalized spacial score (nSPS) is 16.4. The molecular formula is C11H15BrN4O2. The molecule has 0 saturated heterocycles. The van der Waals surface area contributed by atoms with Crippen LogP contribution in [0.5, 0.6) is 0 Å². The third-order valence-electron chi connectivity index (χ3n) is 3.25. The van der Waals surface area contributed by atoms with Crippen LogP contribution >= 0.6 is 15.9 Å². The van der Waals surface area contributed by atoms with Gasteiger partial charge in [-0.1, -0.05) is 0 Å². The number of nitrogens with two attached hydrogens (primary N) is 1. The number of nitrogens with zero attached hydrogens (tertiary/aromatic N) is 3. The van der Waals surface area contributed by atoms with Gasteiger partial charge < -0.3 is 10.6 Å². The standard InChI is InChI=1S/C11H15BrN4O2/c1-15(10(5-13)7-2-3-7)11-9(16(17)18)4-8(12)6-14-11/h4,6-7,10H,2-3,5,13H2,1H3. The van der Waals surface area contributed by atoms with Gasteiger partial charge in [-0.05, 0) is 34.7 Å². The van der Waals surface area contributed by atoms with Crippen molar-refractivity contribution in [1.29, 1.82) is 0 Å². The molecule has 0 aliphatic heterocycles. The van der Waals surface area contributed by atoms with Gasteiger partial charge in [-0.3, -0.25) is 10.1 Å². The molecule has 0 bridgehead atoms. The Bertz CT molecular complexity index is 464. The van der Waals surface area contributed by atoms with Gasteiger partial charge in [-0.25, -0.2) is 4.98 Å². The van der Waals surface area contributed by atoms with E-state index >= 15 is 0 Å². The van der Waals surface area contributed by atoms with E-state index in [4.69, 9.17) is 5.73 Å². The topological polar surface area (TPSA) is 85.3 Å². The molecule has 0 radical (unpaired) electrons. The van der Waals surface area contributed by atoms with Gasteiger partial charge in [0.1, 0.15) is 0 Å². The minimum absolute atomic E-state index is 0.00553. The number of nitro groups is 1. The monoisotopic (exact) mass is 314 g/mol. The van der Waals surface area contributed by atoms with Crippen LogP contribution in [-0.2, 0) is 0 Å². The zero-order valence-electron chi connectivity index (χ0n) is 10.0. The van der Waals surface area contributed by atoms with E-state index in [0.29, 0.717) is 22.8 Å². The number of pyridine rings is 1. The summed E-state index contributed by atoms with van der Waals surface area (Å²) in [4.78, 5) is 16.6. The van der Waals surface area contributed by atoms with Crippen LogP contribution in [0.15, 0.2) is 16.7 Å². The van der Waals surface area contributed by atoms with E-state index in [1.807, 2.05) is 11.9 Å². The fourth-order valence-electron chi connectivity index (χ4n) is 2.13. The van der Waals surface area contributed by atoms with Crippen molar-refractivity contribution >= 4 is 27.4 Å². The molecule has 0 aromatic carbocycles. The van der Waals surface area contributed by atoms with Gasteiger partial charge in [0.2, 0.25) is 5.82 Å². The van der Waals surface area contributed by atoms with Crippen LogP contribution in [-0.4, -0.2) is 29.5 Å². The lowest BCUT2D eigenvalue weighted by molar-refractivity contribution is -0.384. The highest BCUT2D eigenvalue weighted by Gasteiger charge is 2.35. The molecule has 1 saturated carbocycles. The van der Waals surface area contributed by atoms with Crippen molar-refractivity contribution in [2.45, 2.75) is 18.9 Å². The first kappa shape index (κ1) is 13.2. The molecule has 1 atom stereocenters. The largest absolute Gasteiger partial charge is 0.349 e. The van der Waals surface area contributed by atoms with E-state index in [0.717, 1.165) is 12.8 Å². The number of rotatable bonds is 5. The van der Waals surface area contributed by atoms with E-state index in [1.165, 1.54) is 6.07 Å². The van der Waals surface area contributed by atoms with Crippen molar-refractivity contribution in [3.05, 3.63) is 26.9 Å². The Morgan fingerprint density at radius 2 is 2.39 bits per heavy atom. The highest BCUT2D eigenvalue weighted by molar-refractivity contribution is 9.10. The van der Waals surface area contributed by atoms with Gasteiger partial charge in [0.15, 0.2) is 0 Å². The zero-order valence-corrected chi connectivity index (χ0v) is 11.6. The molecule has 0 amide bonds. The smallest absolute Gasteiger partial charge is 0.312 e. The van der Waals surface area contributed by atoms with Gasteiger partial charge in [0, 0.05) is 36.4 Å². The van der Waals surface area contributed by atoms with Crippen LogP contribution in [0.2, 0.25) is 0 Å². The maximum Gasteiger partial charge on any atom is 0.312 e. The molecule has 98 valence electrons. The number of hydrogen-bond acceptors (Lipinski definition) is 5. The summed E-state index contributed by atoms with van der Waals surface area (Å²) in [6, 6.07) is 1.59. The minimum atomic E-state index is -0.413. The molecular weight excluding hydrogens is 300 g/mol. The van der Waals surface area contributed by atoms with Crippen molar-refractivity contribution in [3.8, 4) is 0 Å². The number of halogens is 1. The molecule has 1 aliphatic rings. The Morgan fingerprint density at radius 3 is 2.89 bits per heavy atom. The highest BCUT2D eigenvalue weighted by Crippen LogP contribution is 2.38. The summed E-state index contributed by atoms with van der Waals surface area (Å²) in [5.74, 6) is 0.913. The third kappa shape index (κ3) is 2.62. The number of aromatic nitrogens is 1. The molecule has 1 unspecified atom stereocenters. The summed E-state index contributed by atoms with van der Waals surface area (Å²) in [5.41, 5.74) is 5.77. The predicted octanol–water partition coefficient (Wildman–Crippen LogP) is 1.93. The summed E-state index contributed by atoms with van der Waals surface area (Å²) in [6.07, 6.45) is 3.84. The van der Waals surface area contributed by atoms with Gasteiger partial charge in [-0.15, -0.1) is 0 Å². The van der Waals surface area contributed by atoms with Gasteiger partial charge in [0.05, 0.1) is 4.92 Å². The fraction of sp³-hybridized carbons (Fsp3) is 0.545. The van der Waals surface area contributed by atoms with Crippen LogP contribution in [0.3, 0.4) is 0 Å². The second-order valence-electron chi connectivity index (χ2n) is 4.50. The lowest BCUT2D eigenvalue weighted by Gasteiger charge is -2.27. The summed E-state index contributed by atoms with van der Waals surface area (Å²) in [5, 5.41) is 11.1. The highest BCUT2D eigenvalue weighted by atomic mass is 79.9. The van der Waals surface area contributed by atoms with Crippen molar-refractivity contribution < 1.29 is 4.92 Å². The van der Waals surface area contributed by atoms with Crippen molar-refractivity contribution in [2.75, 3.05) is 18.5 Å². The first-order chi connectivity index (χ1) is 8.54. The number of likely N-dealkylation sites (N-methyl/N-ethyl adjacent to an activating group) is 1. The van der Waals surface area contributed by atoms with E-state index in [-0.39, 0.29) is 11.7 Å². The van der Waals surface area contributed by atoms with E-state index < -0.39 is 4.92 Å². The Balaban J connectivity index is 2.33. The molecule has 6 nitrogen and oxygen atoms in total. The Labute approximate surface area is 113 Å². The van der Waals surface area contributed by atoms with Gasteiger partial charge >= 0.3 is 5.69 Å². The lowest BCUT2D eigenvalue weighted by Crippen LogP contribution is -2.40. The maximum atomic E-state index is 11.1. The molecule has 18 heavy (non-hydrogen) atoms. The van der Waals surface area contributed by atoms with Crippen molar-refractivity contribution in [2.24, 2.45) is 11.7 Å². The van der Waals surface area contributed by atoms with E-state index in [9.17, 15) is 10.1 Å². The minimum Gasteiger partial charge on any atom is -0.349 e. The summed E-state index contributed by atoms with van der Waals surface area (Å²) < 4.78 is 0.599. The first-order valence-electron chi connectivity index (χ1n) is 5.77. The average Bonchev–Trinajstić information content (AvgIpc) is 3.14. The van der Waals surface area contributed by atoms with Crippen molar-refractivity contribution in [1.82, 2.24) is 4.98 Å². The maximum absolute atomic E-state index is 11.1. The quantitative estimate of drug-likeness (QED) is 0.663. The Kier molecular flexibility index (Phi) is 3.82. The molecule has 1 aromatic rings. The molecule has 1 aliphatic carbocycles. The summed E-state index contributed by atoms with van der Waals surface area (Å²) in [6.45, 7) is 0.482. The lowest BCUT2D eigenvalue weighted by atomic mass is 10.1. The van der Waals surface area contributed by atoms with Gasteiger partial charge in [0.25, 0.3) is 0 Å². The van der Waals surface area contributed by atoms with E-state index in [2.05, 4.69) is 20.9 Å². The average molecular weight is 315 g/mol. The molecule has 2 rings (SSSR count). The van der Waals surface area contributed by atoms with Gasteiger partial charge in [-0.2, -0.15) is 0 Å². The van der Waals surface area contributed by atoms with Crippen LogP contribution < -0.4 is 10.6 Å². The van der Waals surface area contributed by atoms with Crippen LogP contribution in [0, 0.1) is 16.0 Å². The van der Waals surface area contributed by atoms with Crippen LogP contribution in [0.4, 0.5) is 11.5 Å². The SMILES string of the molecule is CN(c1ncc(Br)cc1[N+](=O)[O-])C(CN)C1CC1. The summed E-state index contributed by atoms with van der Waals surface area (Å²) in [7, 11) is 1.82. The predicted molar refractivity (Wildman–Crippen MR) is 72.6 cm³/mol. The molecule has 1 fully saturated rings. The number of hydrogen-bond donors (Lipinski definition) is 1.